The molecule has 0 radical (unpaired) electrons. The Kier molecular flexibility index (Phi) is 17.3. The van der Waals surface area contributed by atoms with Crippen molar-refractivity contribution in [2.45, 2.75) is 112 Å². The van der Waals surface area contributed by atoms with Crippen LogP contribution in [0.1, 0.15) is 127 Å². The Balaban J connectivity index is 0.000000302. The maximum atomic E-state index is 12.7. The predicted octanol–water partition coefficient (Wildman–Crippen LogP) is 8.25. The van der Waals surface area contributed by atoms with Crippen LogP contribution in [0.5, 0.6) is 0 Å². The van der Waals surface area contributed by atoms with Crippen LogP contribution in [-0.2, 0) is 53.8 Å². The largest absolute Gasteiger partial charge is 1.00 e. The number of benzene rings is 4. The third-order valence-electron chi connectivity index (χ3n) is 9.72. The molecule has 0 aromatic heterocycles. The van der Waals surface area contributed by atoms with E-state index in [0.717, 1.165) is 54.9 Å². The van der Waals surface area contributed by atoms with E-state index in [1.165, 1.54) is 76.1 Å². The van der Waals surface area contributed by atoms with Gasteiger partial charge in [-0.2, -0.15) is 35.4 Å². The molecule has 0 amide bonds. The third-order valence-corrected chi connectivity index (χ3v) is 11.1. The second-order valence-corrected chi connectivity index (χ2v) is 18.7. The summed E-state index contributed by atoms with van der Waals surface area (Å²) in [6.07, 6.45) is 2.48. The van der Waals surface area contributed by atoms with E-state index in [9.17, 15) is 26.3 Å². The molecule has 0 N–H and O–H groups in total. The van der Waals surface area contributed by atoms with Gasteiger partial charge >= 0.3 is 137 Å². The minimum absolute atomic E-state index is 0. The summed E-state index contributed by atoms with van der Waals surface area (Å²) < 4.78 is 76.7. The number of hydrogen-bond donors (Lipinski definition) is 0. The molecule has 0 saturated carbocycles. The molecule has 0 aliphatic heterocycles. The SMILES string of the molecule is CC(C)(C)c1[c-]c2c(cc1)-c1ccc(C(C)(C)C)cc1C2.CCCC1[C-]=CC(C(C)(C)C)=C1.FC(F)(F)c1cccc([C](=[Zr+2])c2cccc(C(F)(F)F)c2)c1.[Cl-].[Cl-]. The predicted molar refractivity (Wildman–Crippen MR) is 211 cm³/mol. The monoisotopic (exact) mass is 902 g/mol. The second kappa shape index (κ2) is 19.6. The van der Waals surface area contributed by atoms with E-state index < -0.39 is 23.5 Å². The van der Waals surface area contributed by atoms with Crippen molar-refractivity contribution >= 4 is 3.21 Å². The van der Waals surface area contributed by atoms with E-state index in [2.05, 4.69) is 124 Å². The fourth-order valence-corrected chi connectivity index (χ4v) is 7.11. The van der Waals surface area contributed by atoms with Gasteiger partial charge in [-0.25, -0.2) is 6.08 Å². The minimum atomic E-state index is -4.49. The summed E-state index contributed by atoms with van der Waals surface area (Å²) in [4.78, 5) is 0. The molecule has 0 fully saturated rings. The summed E-state index contributed by atoms with van der Waals surface area (Å²) in [5.41, 5.74) is 9.35. The summed E-state index contributed by atoms with van der Waals surface area (Å²) >= 11 is 0.729. The van der Waals surface area contributed by atoms with Crippen molar-refractivity contribution in [3.63, 3.8) is 0 Å². The minimum Gasteiger partial charge on any atom is -1.00 e. The molecule has 0 spiro atoms. The van der Waals surface area contributed by atoms with Crippen LogP contribution in [-0.4, -0.2) is 3.21 Å². The number of rotatable bonds is 4. The Labute approximate surface area is 363 Å². The number of alkyl halides is 6. The van der Waals surface area contributed by atoms with E-state index in [1.54, 1.807) is 0 Å². The van der Waals surface area contributed by atoms with Crippen LogP contribution in [0.25, 0.3) is 11.1 Å². The maximum Gasteiger partial charge on any atom is -1.00 e. The van der Waals surface area contributed by atoms with Crippen LogP contribution >= 0.6 is 0 Å². The number of hydrogen-bond acceptors (Lipinski definition) is 0. The molecule has 2 aliphatic carbocycles. The van der Waals surface area contributed by atoms with Gasteiger partial charge in [-0.15, -0.1) is 11.1 Å². The van der Waals surface area contributed by atoms with Crippen molar-refractivity contribution in [2.24, 2.45) is 11.3 Å². The summed E-state index contributed by atoms with van der Waals surface area (Å²) in [7, 11) is 0. The normalized spacial score (nSPS) is 14.8. The second-order valence-electron chi connectivity index (χ2n) is 17.4. The first-order chi connectivity index (χ1) is 25.3. The van der Waals surface area contributed by atoms with Gasteiger partial charge in [0.2, 0.25) is 0 Å². The number of halogens is 8. The number of fused-ring (bicyclic) bond motifs is 3. The van der Waals surface area contributed by atoms with Gasteiger partial charge in [0, 0.05) is 0 Å². The molecule has 0 heterocycles. The molecule has 2 aliphatic rings. The van der Waals surface area contributed by atoms with Crippen molar-refractivity contribution in [3.05, 3.63) is 153 Å². The first kappa shape index (κ1) is 50.4. The van der Waals surface area contributed by atoms with Crippen molar-refractivity contribution < 1.29 is 75.4 Å². The van der Waals surface area contributed by atoms with E-state index in [4.69, 9.17) is 0 Å². The molecule has 6 rings (SSSR count). The topological polar surface area (TPSA) is 0 Å². The molecule has 4 aromatic rings. The summed E-state index contributed by atoms with van der Waals surface area (Å²) in [6, 6.07) is 24.3. The smallest absolute Gasteiger partial charge is 1.00 e. The molecular weight excluding hydrogens is 853 g/mol. The quantitative estimate of drug-likeness (QED) is 0.126. The van der Waals surface area contributed by atoms with Crippen LogP contribution in [0.2, 0.25) is 0 Å². The zero-order valence-electron chi connectivity index (χ0n) is 34.4. The first-order valence-corrected chi connectivity index (χ1v) is 20.0. The molecule has 1 atom stereocenters. The van der Waals surface area contributed by atoms with Gasteiger partial charge in [-0.05, 0) is 28.4 Å². The van der Waals surface area contributed by atoms with Crippen molar-refractivity contribution in [1.82, 2.24) is 0 Å². The Morgan fingerprint density at radius 1 is 0.649 bits per heavy atom. The number of allylic oxidation sites excluding steroid dienone is 4. The van der Waals surface area contributed by atoms with E-state index >= 15 is 0 Å². The van der Waals surface area contributed by atoms with Crippen molar-refractivity contribution in [3.8, 4) is 11.1 Å². The molecule has 1 unspecified atom stereocenters. The van der Waals surface area contributed by atoms with Gasteiger partial charge < -0.3 is 24.8 Å². The standard InChI is InChI=1S/C21H25.C15H8F6.C12H19.2ClH.Zr/c1-20(2,3)16-7-9-18-14(12-16)11-15-13-17(21(4,5)6)8-10-19(15)18;16-14(17,18)12-5-1-3-10(8-12)7-11-4-2-6-13(9-11)15(19,20)21;1-5-6-10-7-8-11(9-10)12(2,3)4;;;/h7-10,12H,11H2,1-6H3;1-6,8-9H;8-10H,5-6H2,1-4H3;2*1H;/q-1;;-1;;;+2/p-2. The van der Waals surface area contributed by atoms with Gasteiger partial charge in [0.05, 0.1) is 0 Å². The average molecular weight is 905 g/mol. The van der Waals surface area contributed by atoms with Crippen LogP contribution in [0.4, 0.5) is 26.3 Å². The molecule has 4 aromatic carbocycles. The van der Waals surface area contributed by atoms with E-state index in [1.807, 2.05) is 0 Å². The molecule has 306 valence electrons. The van der Waals surface area contributed by atoms with E-state index in [0.29, 0.717) is 14.5 Å². The molecular formula is C48H52Cl2F6Zr-2. The average Bonchev–Trinajstić information content (AvgIpc) is 3.72. The van der Waals surface area contributed by atoms with Gasteiger partial charge in [0.15, 0.2) is 0 Å². The summed E-state index contributed by atoms with van der Waals surface area (Å²) in [5, 5.41) is 0. The van der Waals surface area contributed by atoms with Crippen LogP contribution in [0.15, 0.2) is 96.6 Å². The molecule has 0 nitrogen and oxygen atoms in total. The summed E-state index contributed by atoms with van der Waals surface area (Å²) in [5.74, 6) is 0.587. The Hall–Kier alpha value is -2.73. The van der Waals surface area contributed by atoms with Gasteiger partial charge in [-0.1, -0.05) is 117 Å². The first-order valence-electron chi connectivity index (χ1n) is 18.7. The van der Waals surface area contributed by atoms with Gasteiger partial charge in [0.25, 0.3) is 0 Å². The third kappa shape index (κ3) is 13.7. The molecule has 0 saturated heterocycles. The summed E-state index contributed by atoms with van der Waals surface area (Å²) in [6.45, 7) is 22.6. The zero-order chi connectivity index (χ0) is 41.1. The Bertz CT molecular complexity index is 1930. The Morgan fingerprint density at radius 3 is 1.61 bits per heavy atom. The molecule has 0 bridgehead atoms. The molecule has 9 heteroatoms. The van der Waals surface area contributed by atoms with Crippen LogP contribution < -0.4 is 24.8 Å². The maximum absolute atomic E-state index is 12.7. The van der Waals surface area contributed by atoms with Crippen LogP contribution in [0.3, 0.4) is 0 Å². The van der Waals surface area contributed by atoms with Crippen molar-refractivity contribution in [2.75, 3.05) is 0 Å². The molecule has 57 heavy (non-hydrogen) atoms. The van der Waals surface area contributed by atoms with Gasteiger partial charge in [0.1, 0.15) is 0 Å². The fourth-order valence-electron chi connectivity index (χ4n) is 6.35. The van der Waals surface area contributed by atoms with Crippen LogP contribution in [0, 0.1) is 23.5 Å². The van der Waals surface area contributed by atoms with Crippen molar-refractivity contribution in [1.29, 1.82) is 0 Å². The zero-order valence-corrected chi connectivity index (χ0v) is 38.4. The Morgan fingerprint density at radius 2 is 1.18 bits per heavy atom. The fraction of sp³-hybridized carbons (Fsp3) is 0.396. The van der Waals surface area contributed by atoms with Gasteiger partial charge in [-0.3, -0.25) is 6.08 Å². The van der Waals surface area contributed by atoms with E-state index in [-0.39, 0.29) is 46.8 Å².